The van der Waals surface area contributed by atoms with Crippen LogP contribution in [0.5, 0.6) is 0 Å². The fraction of sp³-hybridized carbons (Fsp3) is 0. The Morgan fingerprint density at radius 3 is 1.23 bits per heavy atom. The Morgan fingerprint density at radius 1 is 0.654 bits per heavy atom. The van der Waals surface area contributed by atoms with Crippen molar-refractivity contribution in [3.8, 4) is 0 Å². The number of hydrazone groups is 2. The topological polar surface area (TPSA) is 123 Å². The van der Waals surface area contributed by atoms with Crippen molar-refractivity contribution in [3.63, 3.8) is 0 Å². The first-order valence-electron chi connectivity index (χ1n) is 6.82. The molecule has 0 aliphatic carbocycles. The third-order valence-electron chi connectivity index (χ3n) is 2.77. The number of hydrogen-bond donors (Lipinski definition) is 4. The number of carbonyl (C=O) groups is 2. The van der Waals surface area contributed by atoms with Gasteiger partial charge in [-0.05, 0) is 24.3 Å². The summed E-state index contributed by atoms with van der Waals surface area (Å²) in [6.45, 7) is 0. The van der Waals surface area contributed by atoms with Crippen LogP contribution < -0.4 is 10.9 Å². The van der Waals surface area contributed by atoms with E-state index in [9.17, 15) is 19.8 Å². The normalized spacial score (nSPS) is 10.8. The van der Waals surface area contributed by atoms with Crippen LogP contribution in [0.3, 0.4) is 0 Å². The maximum Gasteiger partial charge on any atom is 0.358 e. The Bertz CT molecular complexity index is 716. The van der Waals surface area contributed by atoms with Crippen molar-refractivity contribution >= 4 is 93.9 Å². The molecule has 0 saturated carbocycles. The summed E-state index contributed by atoms with van der Waals surface area (Å²) in [4.78, 5) is 22.7. The molecule has 0 aromatic heterocycles. The van der Waals surface area contributed by atoms with Crippen molar-refractivity contribution in [1.29, 1.82) is 0 Å². The van der Waals surface area contributed by atoms with Crippen LogP contribution in [-0.4, -0.2) is 92.7 Å². The summed E-state index contributed by atoms with van der Waals surface area (Å²) in [7, 11) is 0. The molecule has 10 heteroatoms. The van der Waals surface area contributed by atoms with Crippen LogP contribution in [0.2, 0.25) is 0 Å². The Labute approximate surface area is 194 Å². The number of benzene rings is 2. The SMILES string of the molecule is O=C(O)C(=NNc1ccccc1)C(=NNc1ccccc1)C(=O)O.[Na].[Na]. The Kier molecular flexibility index (Phi) is 11.8. The van der Waals surface area contributed by atoms with E-state index in [2.05, 4.69) is 21.1 Å². The molecule has 2 rings (SSSR count). The van der Waals surface area contributed by atoms with Crippen molar-refractivity contribution in [3.05, 3.63) is 60.7 Å². The molecule has 2 aromatic rings. The monoisotopic (exact) mass is 372 g/mol. The Morgan fingerprint density at radius 2 is 0.962 bits per heavy atom. The van der Waals surface area contributed by atoms with Crippen LogP contribution in [0.1, 0.15) is 0 Å². The van der Waals surface area contributed by atoms with Gasteiger partial charge in [0, 0.05) is 59.1 Å². The first kappa shape index (κ1) is 24.3. The average molecular weight is 372 g/mol. The van der Waals surface area contributed by atoms with Gasteiger partial charge in [-0.15, -0.1) is 0 Å². The van der Waals surface area contributed by atoms with Crippen LogP contribution in [0.15, 0.2) is 70.9 Å². The number of rotatable bonds is 7. The molecule has 8 nitrogen and oxygen atoms in total. The van der Waals surface area contributed by atoms with Crippen LogP contribution in [0, 0.1) is 0 Å². The first-order chi connectivity index (χ1) is 11.6. The smallest absolute Gasteiger partial charge is 0.358 e. The fourth-order valence-corrected chi connectivity index (χ4v) is 1.67. The first-order valence-corrected chi connectivity index (χ1v) is 6.82. The van der Waals surface area contributed by atoms with Gasteiger partial charge in [0.2, 0.25) is 11.4 Å². The van der Waals surface area contributed by atoms with E-state index < -0.39 is 23.4 Å². The summed E-state index contributed by atoms with van der Waals surface area (Å²) in [6.07, 6.45) is 0. The third-order valence-corrected chi connectivity index (χ3v) is 2.77. The van der Waals surface area contributed by atoms with Gasteiger partial charge in [0.1, 0.15) is 0 Å². The number of nitrogens with zero attached hydrogens (tertiary/aromatic N) is 2. The van der Waals surface area contributed by atoms with Gasteiger partial charge in [0.05, 0.1) is 11.4 Å². The summed E-state index contributed by atoms with van der Waals surface area (Å²) >= 11 is 0. The van der Waals surface area contributed by atoms with E-state index in [-0.39, 0.29) is 59.1 Å². The van der Waals surface area contributed by atoms with E-state index in [4.69, 9.17) is 0 Å². The van der Waals surface area contributed by atoms with E-state index in [1.54, 1.807) is 60.7 Å². The molecule has 124 valence electrons. The molecule has 0 aliphatic rings. The molecule has 0 fully saturated rings. The molecule has 4 N–H and O–H groups in total. The zero-order valence-corrected chi connectivity index (χ0v) is 18.4. The number of aliphatic carboxylic acids is 2. The molecule has 2 radical (unpaired) electrons. The molecule has 0 heterocycles. The van der Waals surface area contributed by atoms with Crippen molar-refractivity contribution in [1.82, 2.24) is 0 Å². The van der Waals surface area contributed by atoms with Crippen molar-refractivity contribution in [2.24, 2.45) is 10.2 Å². The predicted octanol–water partition coefficient (Wildman–Crippen LogP) is 1.33. The van der Waals surface area contributed by atoms with E-state index in [0.29, 0.717) is 11.4 Å². The van der Waals surface area contributed by atoms with E-state index in [1.165, 1.54) is 0 Å². The van der Waals surface area contributed by atoms with Gasteiger partial charge in [-0.1, -0.05) is 36.4 Å². The quantitative estimate of drug-likeness (QED) is 0.330. The molecular weight excluding hydrogens is 358 g/mol. The molecular formula is C16H14N4Na2O4. The number of hydrogen-bond acceptors (Lipinski definition) is 6. The van der Waals surface area contributed by atoms with Crippen LogP contribution in [0.4, 0.5) is 11.4 Å². The minimum absolute atomic E-state index is 0. The van der Waals surface area contributed by atoms with Crippen molar-refractivity contribution < 1.29 is 19.8 Å². The van der Waals surface area contributed by atoms with Crippen molar-refractivity contribution in [2.75, 3.05) is 10.9 Å². The standard InChI is InChI=1S/C16H14N4O4.2Na/c21-15(22)13(19-17-11-7-3-1-4-8-11)14(16(23)24)20-18-12-9-5-2-6-10-12;;/h1-10,17-18H,(H,21,22)(H,23,24);;. The van der Waals surface area contributed by atoms with E-state index >= 15 is 0 Å². The number of nitrogens with one attached hydrogen (secondary N) is 2. The maximum absolute atomic E-state index is 11.3. The molecule has 0 unspecified atom stereocenters. The third kappa shape index (κ3) is 7.69. The van der Waals surface area contributed by atoms with Gasteiger partial charge in [-0.3, -0.25) is 10.9 Å². The maximum atomic E-state index is 11.3. The molecule has 0 saturated heterocycles. The Balaban J connectivity index is 0.00000312. The zero-order valence-electron chi connectivity index (χ0n) is 14.4. The van der Waals surface area contributed by atoms with Gasteiger partial charge < -0.3 is 10.2 Å². The summed E-state index contributed by atoms with van der Waals surface area (Å²) in [5.41, 5.74) is 4.56. The molecule has 2 aromatic carbocycles. The van der Waals surface area contributed by atoms with Crippen LogP contribution in [0.25, 0.3) is 0 Å². The van der Waals surface area contributed by atoms with Gasteiger partial charge >= 0.3 is 11.9 Å². The van der Waals surface area contributed by atoms with Gasteiger partial charge in [-0.2, -0.15) is 10.2 Å². The molecule has 0 spiro atoms. The van der Waals surface area contributed by atoms with Crippen LogP contribution in [-0.2, 0) is 9.59 Å². The second-order valence-electron chi connectivity index (χ2n) is 4.49. The molecule has 0 amide bonds. The Hall–Kier alpha value is -1.68. The largest absolute Gasteiger partial charge is 0.476 e. The van der Waals surface area contributed by atoms with Gasteiger partial charge in [0.15, 0.2) is 0 Å². The summed E-state index contributed by atoms with van der Waals surface area (Å²) in [6, 6.07) is 17.1. The molecule has 0 aliphatic heterocycles. The second kappa shape index (κ2) is 12.6. The minimum atomic E-state index is -1.52. The molecule has 0 atom stereocenters. The zero-order chi connectivity index (χ0) is 17.4. The summed E-state index contributed by atoms with van der Waals surface area (Å²) < 4.78 is 0. The average Bonchev–Trinajstić information content (AvgIpc) is 2.59. The molecule has 0 bridgehead atoms. The number of carboxylic acid groups (broad SMARTS) is 2. The number of anilines is 2. The summed E-state index contributed by atoms with van der Waals surface area (Å²) in [5, 5.41) is 25.7. The number of carboxylic acids is 2. The minimum Gasteiger partial charge on any atom is -0.476 e. The second-order valence-corrected chi connectivity index (χ2v) is 4.49. The van der Waals surface area contributed by atoms with Gasteiger partial charge in [0.25, 0.3) is 0 Å². The van der Waals surface area contributed by atoms with E-state index in [1.807, 2.05) is 0 Å². The van der Waals surface area contributed by atoms with Crippen LogP contribution >= 0.6 is 0 Å². The molecule has 26 heavy (non-hydrogen) atoms. The summed E-state index contributed by atoms with van der Waals surface area (Å²) in [5.74, 6) is -3.04. The van der Waals surface area contributed by atoms with Crippen molar-refractivity contribution in [2.45, 2.75) is 0 Å². The number of para-hydroxylation sites is 2. The van der Waals surface area contributed by atoms with E-state index in [0.717, 1.165) is 0 Å². The van der Waals surface area contributed by atoms with Gasteiger partial charge in [-0.25, -0.2) is 9.59 Å². The fourth-order valence-electron chi connectivity index (χ4n) is 1.67. The predicted molar refractivity (Wildman–Crippen MR) is 102 cm³/mol.